The Hall–Kier alpha value is -0.650. The molecule has 2 rings (SSSR count). The van der Waals surface area contributed by atoms with Gasteiger partial charge in [-0.25, -0.2) is 0 Å². The fraction of sp³-hybridized carbons (Fsp3) is 0.917. The summed E-state index contributed by atoms with van der Waals surface area (Å²) in [5.74, 6) is 0.238. The minimum Gasteiger partial charge on any atom is -0.381 e. The van der Waals surface area contributed by atoms with E-state index >= 15 is 0 Å². The summed E-state index contributed by atoms with van der Waals surface area (Å²) < 4.78 is 10.7. The first-order valence-electron chi connectivity index (χ1n) is 6.41. The van der Waals surface area contributed by atoms with Crippen molar-refractivity contribution in [1.82, 2.24) is 10.2 Å². The molecule has 1 N–H and O–H groups in total. The van der Waals surface area contributed by atoms with E-state index in [1.807, 2.05) is 4.90 Å². The maximum absolute atomic E-state index is 12.1. The van der Waals surface area contributed by atoms with Crippen molar-refractivity contribution in [2.24, 2.45) is 0 Å². The lowest BCUT2D eigenvalue weighted by molar-refractivity contribution is -0.134. The molecule has 1 unspecified atom stereocenters. The van der Waals surface area contributed by atoms with Gasteiger partial charge in [-0.1, -0.05) is 0 Å². The van der Waals surface area contributed by atoms with E-state index in [0.29, 0.717) is 19.1 Å². The van der Waals surface area contributed by atoms with E-state index in [9.17, 15) is 4.79 Å². The number of hydrogen-bond acceptors (Lipinski definition) is 4. The highest BCUT2D eigenvalue weighted by Crippen LogP contribution is 2.14. The molecule has 5 heteroatoms. The van der Waals surface area contributed by atoms with E-state index in [0.717, 1.165) is 39.1 Å². The molecular weight excluding hydrogens is 220 g/mol. The number of carbonyl (C=O) groups excluding carboxylic acids is 1. The Labute approximate surface area is 102 Å². The molecule has 2 aliphatic rings. The Kier molecular flexibility index (Phi) is 4.76. The van der Waals surface area contributed by atoms with Crippen molar-refractivity contribution in [3.8, 4) is 0 Å². The highest BCUT2D eigenvalue weighted by Gasteiger charge is 2.25. The molecule has 2 fully saturated rings. The van der Waals surface area contributed by atoms with E-state index < -0.39 is 0 Å². The lowest BCUT2D eigenvalue weighted by Gasteiger charge is -2.33. The third-order valence-electron chi connectivity index (χ3n) is 3.55. The first-order valence-corrected chi connectivity index (χ1v) is 6.41. The van der Waals surface area contributed by atoms with E-state index in [1.165, 1.54) is 0 Å². The first kappa shape index (κ1) is 12.8. The van der Waals surface area contributed by atoms with Gasteiger partial charge < -0.3 is 19.7 Å². The zero-order chi connectivity index (χ0) is 12.1. The van der Waals surface area contributed by atoms with Crippen LogP contribution in [-0.2, 0) is 14.3 Å². The number of ether oxygens (including phenoxy) is 2. The molecule has 2 heterocycles. The SMILES string of the molecule is COC1CCN(C(=O)CC2COCCN2)CC1. The minimum atomic E-state index is 0.191. The van der Waals surface area contributed by atoms with Crippen LogP contribution in [0.4, 0.5) is 0 Å². The molecule has 0 aromatic rings. The summed E-state index contributed by atoms with van der Waals surface area (Å²) in [6.45, 7) is 3.91. The van der Waals surface area contributed by atoms with Gasteiger partial charge in [0, 0.05) is 39.2 Å². The molecule has 0 radical (unpaired) electrons. The standard InChI is InChI=1S/C12H22N2O3/c1-16-11-2-5-14(6-3-11)12(15)8-10-9-17-7-4-13-10/h10-11,13H,2-9H2,1H3. The van der Waals surface area contributed by atoms with E-state index in [2.05, 4.69) is 5.32 Å². The van der Waals surface area contributed by atoms with Crippen LogP contribution in [0.1, 0.15) is 19.3 Å². The van der Waals surface area contributed by atoms with Crippen LogP contribution in [0.5, 0.6) is 0 Å². The van der Waals surface area contributed by atoms with Crippen LogP contribution in [0.3, 0.4) is 0 Å². The molecule has 1 atom stereocenters. The largest absolute Gasteiger partial charge is 0.381 e. The van der Waals surface area contributed by atoms with Crippen LogP contribution < -0.4 is 5.32 Å². The quantitative estimate of drug-likeness (QED) is 0.757. The summed E-state index contributed by atoms with van der Waals surface area (Å²) in [4.78, 5) is 14.0. The van der Waals surface area contributed by atoms with Crippen LogP contribution in [0, 0.1) is 0 Å². The molecule has 0 saturated carbocycles. The molecule has 0 aromatic heterocycles. The Morgan fingerprint density at radius 1 is 1.47 bits per heavy atom. The molecule has 5 nitrogen and oxygen atoms in total. The number of nitrogens with zero attached hydrogens (tertiary/aromatic N) is 1. The normalized spacial score (nSPS) is 27.1. The molecule has 1 amide bonds. The lowest BCUT2D eigenvalue weighted by Crippen LogP contribution is -2.47. The van der Waals surface area contributed by atoms with Gasteiger partial charge in [0.25, 0.3) is 0 Å². The Morgan fingerprint density at radius 3 is 2.82 bits per heavy atom. The third-order valence-corrected chi connectivity index (χ3v) is 3.55. The molecule has 2 saturated heterocycles. The highest BCUT2D eigenvalue weighted by molar-refractivity contribution is 5.77. The third kappa shape index (κ3) is 3.66. The number of methoxy groups -OCH3 is 1. The monoisotopic (exact) mass is 242 g/mol. The van der Waals surface area contributed by atoms with Gasteiger partial charge in [-0.3, -0.25) is 4.79 Å². The van der Waals surface area contributed by atoms with Crippen LogP contribution in [0.25, 0.3) is 0 Å². The molecule has 0 bridgehead atoms. The number of nitrogens with one attached hydrogen (secondary N) is 1. The van der Waals surface area contributed by atoms with Crippen molar-refractivity contribution < 1.29 is 14.3 Å². The second-order valence-electron chi connectivity index (χ2n) is 4.75. The van der Waals surface area contributed by atoms with E-state index in [-0.39, 0.29) is 11.9 Å². The van der Waals surface area contributed by atoms with Crippen LogP contribution in [0.2, 0.25) is 0 Å². The second kappa shape index (κ2) is 6.33. The number of hydrogen-bond donors (Lipinski definition) is 1. The minimum absolute atomic E-state index is 0.191. The molecule has 0 spiro atoms. The number of carbonyl (C=O) groups is 1. The predicted molar refractivity (Wildman–Crippen MR) is 63.8 cm³/mol. The van der Waals surface area contributed by atoms with E-state index in [1.54, 1.807) is 7.11 Å². The van der Waals surface area contributed by atoms with Crippen molar-refractivity contribution in [3.63, 3.8) is 0 Å². The van der Waals surface area contributed by atoms with Crippen molar-refractivity contribution in [2.45, 2.75) is 31.4 Å². The van der Waals surface area contributed by atoms with Gasteiger partial charge in [0.15, 0.2) is 0 Å². The topological polar surface area (TPSA) is 50.8 Å². The maximum Gasteiger partial charge on any atom is 0.224 e. The van der Waals surface area contributed by atoms with Gasteiger partial charge in [0.2, 0.25) is 5.91 Å². The summed E-state index contributed by atoms with van der Waals surface area (Å²) in [6, 6.07) is 0.191. The van der Waals surface area contributed by atoms with Crippen molar-refractivity contribution in [3.05, 3.63) is 0 Å². The average Bonchev–Trinajstić information content (AvgIpc) is 2.40. The fourth-order valence-corrected chi connectivity index (χ4v) is 2.43. The van der Waals surface area contributed by atoms with Crippen LogP contribution in [0.15, 0.2) is 0 Å². The molecule has 0 aliphatic carbocycles. The summed E-state index contributed by atoms with van der Waals surface area (Å²) >= 11 is 0. The van der Waals surface area contributed by atoms with E-state index in [4.69, 9.17) is 9.47 Å². The molecule has 17 heavy (non-hydrogen) atoms. The highest BCUT2D eigenvalue weighted by atomic mass is 16.5. The predicted octanol–water partition coefficient (Wildman–Crippen LogP) is 0.00230. The molecule has 98 valence electrons. The molecular formula is C12H22N2O3. The van der Waals surface area contributed by atoms with Gasteiger partial charge in [-0.15, -0.1) is 0 Å². The zero-order valence-corrected chi connectivity index (χ0v) is 10.5. The number of amides is 1. The summed E-state index contributed by atoms with van der Waals surface area (Å²) in [5.41, 5.74) is 0. The van der Waals surface area contributed by atoms with Crippen molar-refractivity contribution in [2.75, 3.05) is 40.0 Å². The smallest absolute Gasteiger partial charge is 0.224 e. The number of rotatable bonds is 3. The van der Waals surface area contributed by atoms with Gasteiger partial charge in [0.05, 0.1) is 19.3 Å². The molecule has 2 aliphatic heterocycles. The average molecular weight is 242 g/mol. The molecule has 0 aromatic carbocycles. The van der Waals surface area contributed by atoms with Gasteiger partial charge in [-0.2, -0.15) is 0 Å². The van der Waals surface area contributed by atoms with Crippen molar-refractivity contribution >= 4 is 5.91 Å². The first-order chi connectivity index (χ1) is 8.29. The number of piperidine rings is 1. The lowest BCUT2D eigenvalue weighted by atomic mass is 10.1. The Morgan fingerprint density at radius 2 is 2.24 bits per heavy atom. The van der Waals surface area contributed by atoms with Crippen molar-refractivity contribution in [1.29, 1.82) is 0 Å². The van der Waals surface area contributed by atoms with Gasteiger partial charge >= 0.3 is 0 Å². The number of morpholine rings is 1. The summed E-state index contributed by atoms with van der Waals surface area (Å²) in [6.07, 6.45) is 2.79. The van der Waals surface area contributed by atoms with Gasteiger partial charge in [0.1, 0.15) is 0 Å². The Balaban J connectivity index is 1.72. The van der Waals surface area contributed by atoms with Crippen LogP contribution >= 0.6 is 0 Å². The summed E-state index contributed by atoms with van der Waals surface area (Å²) in [5, 5.41) is 3.31. The summed E-state index contributed by atoms with van der Waals surface area (Å²) in [7, 11) is 1.74. The van der Waals surface area contributed by atoms with Gasteiger partial charge in [-0.05, 0) is 12.8 Å². The Bertz CT molecular complexity index is 246. The maximum atomic E-state index is 12.1. The fourth-order valence-electron chi connectivity index (χ4n) is 2.43. The second-order valence-corrected chi connectivity index (χ2v) is 4.75. The zero-order valence-electron chi connectivity index (χ0n) is 10.5. The van der Waals surface area contributed by atoms with Crippen LogP contribution in [-0.4, -0.2) is 62.9 Å². The number of likely N-dealkylation sites (tertiary alicyclic amines) is 1.